The van der Waals surface area contributed by atoms with Gasteiger partial charge in [-0.3, -0.25) is 4.79 Å². The van der Waals surface area contributed by atoms with Gasteiger partial charge in [0.25, 0.3) is 16.1 Å². The molecule has 31 heavy (non-hydrogen) atoms. The van der Waals surface area contributed by atoms with E-state index in [0.29, 0.717) is 38.0 Å². The van der Waals surface area contributed by atoms with Crippen LogP contribution in [0.25, 0.3) is 0 Å². The maximum atomic E-state index is 12.8. The summed E-state index contributed by atoms with van der Waals surface area (Å²) < 4.78 is 27.8. The van der Waals surface area contributed by atoms with Gasteiger partial charge in [0.15, 0.2) is 0 Å². The lowest BCUT2D eigenvalue weighted by Gasteiger charge is -2.40. The zero-order valence-electron chi connectivity index (χ0n) is 18.7. The summed E-state index contributed by atoms with van der Waals surface area (Å²) >= 11 is 0. The summed E-state index contributed by atoms with van der Waals surface area (Å²) in [7, 11) is -0.104. The van der Waals surface area contributed by atoms with Crippen molar-refractivity contribution in [2.45, 2.75) is 45.1 Å². The van der Waals surface area contributed by atoms with Gasteiger partial charge in [-0.15, -0.1) is 0 Å². The number of hydrogen-bond donors (Lipinski definition) is 3. The van der Waals surface area contributed by atoms with Gasteiger partial charge < -0.3 is 15.1 Å². The Labute approximate surface area is 186 Å². The first-order valence-corrected chi connectivity index (χ1v) is 12.5. The van der Waals surface area contributed by atoms with Gasteiger partial charge in [0, 0.05) is 39.6 Å². The third kappa shape index (κ3) is 5.60. The van der Waals surface area contributed by atoms with E-state index in [4.69, 9.17) is 0 Å². The Morgan fingerprint density at radius 1 is 1.16 bits per heavy atom. The number of benzene rings is 1. The number of amides is 1. The highest BCUT2D eigenvalue weighted by Gasteiger charge is 2.34. The molecule has 2 fully saturated rings. The van der Waals surface area contributed by atoms with Crippen LogP contribution in [0.15, 0.2) is 12.1 Å². The fraction of sp³-hybridized carbons (Fsp3) is 0.667. The van der Waals surface area contributed by atoms with E-state index in [1.165, 1.54) is 11.4 Å². The molecule has 1 atom stereocenters. The van der Waals surface area contributed by atoms with Crippen LogP contribution in [0.4, 0.5) is 0 Å². The quantitative estimate of drug-likeness (QED) is 0.495. The van der Waals surface area contributed by atoms with Gasteiger partial charge in [-0.2, -0.15) is 12.7 Å². The summed E-state index contributed by atoms with van der Waals surface area (Å²) in [6.45, 7) is 4.14. The van der Waals surface area contributed by atoms with E-state index in [0.717, 1.165) is 42.3 Å². The number of phenolic OH excluding ortho intramolecular Hbond substituents is 1. The number of aliphatic hydroxyl groups is 1. The van der Waals surface area contributed by atoms with Crippen LogP contribution in [0.1, 0.15) is 36.8 Å². The highest BCUT2D eigenvalue weighted by molar-refractivity contribution is 7.87. The van der Waals surface area contributed by atoms with Crippen molar-refractivity contribution >= 4 is 29.4 Å². The maximum absolute atomic E-state index is 12.8. The zero-order chi connectivity index (χ0) is 22.8. The molecule has 172 valence electrons. The van der Waals surface area contributed by atoms with Crippen molar-refractivity contribution in [3.05, 3.63) is 23.3 Å². The molecule has 3 rings (SSSR count). The van der Waals surface area contributed by atoms with Crippen molar-refractivity contribution < 1.29 is 23.4 Å². The molecule has 2 saturated heterocycles. The van der Waals surface area contributed by atoms with E-state index in [2.05, 4.69) is 4.72 Å². The molecule has 10 heteroatoms. The number of piperidine rings is 2. The highest BCUT2D eigenvalue weighted by atomic mass is 32.2. The van der Waals surface area contributed by atoms with Gasteiger partial charge in [-0.05, 0) is 61.0 Å². The summed E-state index contributed by atoms with van der Waals surface area (Å²) in [6.07, 6.45) is 2.62. The molecule has 8 nitrogen and oxygen atoms in total. The minimum Gasteiger partial charge on any atom is -0.508 e. The first-order valence-electron chi connectivity index (χ1n) is 11.1. The van der Waals surface area contributed by atoms with Gasteiger partial charge in [-0.1, -0.05) is 12.1 Å². The largest absolute Gasteiger partial charge is 0.508 e. The number of nitrogens with zero attached hydrogens (tertiary/aromatic N) is 2. The summed E-state index contributed by atoms with van der Waals surface area (Å²) in [4.78, 5) is 14.5. The Morgan fingerprint density at radius 2 is 1.71 bits per heavy atom. The van der Waals surface area contributed by atoms with Crippen molar-refractivity contribution in [1.82, 2.24) is 13.9 Å². The fourth-order valence-electron chi connectivity index (χ4n) is 4.99. The number of nitrogens with one attached hydrogen (secondary N) is 1. The lowest BCUT2D eigenvalue weighted by Crippen LogP contribution is -2.48. The maximum Gasteiger partial charge on any atom is 0.279 e. The Morgan fingerprint density at radius 3 is 2.23 bits per heavy atom. The molecule has 2 heterocycles. The van der Waals surface area contributed by atoms with Crippen LogP contribution in [0.3, 0.4) is 0 Å². The lowest BCUT2D eigenvalue weighted by molar-refractivity contribution is -0.141. The van der Waals surface area contributed by atoms with Crippen LogP contribution in [0, 0.1) is 18.8 Å². The lowest BCUT2D eigenvalue weighted by atomic mass is 9.79. The molecular weight excluding hydrogens is 417 g/mol. The Kier molecular flexibility index (Phi) is 7.67. The highest BCUT2D eigenvalue weighted by Crippen LogP contribution is 2.33. The van der Waals surface area contributed by atoms with E-state index in [1.54, 1.807) is 4.90 Å². The fourth-order valence-corrected chi connectivity index (χ4v) is 5.94. The number of aromatic hydroxyl groups is 1. The van der Waals surface area contributed by atoms with Crippen LogP contribution in [-0.4, -0.2) is 80.9 Å². The average molecular weight is 451 g/mol. The molecule has 3 N–H and O–H groups in total. The first-order chi connectivity index (χ1) is 14.6. The number of carbonyl (C=O) groups is 1. The molecule has 0 saturated carbocycles. The zero-order valence-corrected chi connectivity index (χ0v) is 19.5. The molecular formula is C21H34BN3O5S. The Balaban J connectivity index is 1.49. The third-order valence-electron chi connectivity index (χ3n) is 6.88. The molecule has 1 aromatic carbocycles. The topological polar surface area (TPSA) is 110 Å². The second-order valence-electron chi connectivity index (χ2n) is 8.91. The number of carbonyl (C=O) groups excluding carboxylic acids is 1. The Bertz CT molecular complexity index is 871. The van der Waals surface area contributed by atoms with Crippen LogP contribution in [-0.2, 0) is 21.4 Å². The monoisotopic (exact) mass is 451 g/mol. The summed E-state index contributed by atoms with van der Waals surface area (Å²) in [5.74, 6) is 0.981. The molecule has 2 aliphatic rings. The minimum absolute atomic E-state index is 0.235. The molecule has 0 bridgehead atoms. The van der Waals surface area contributed by atoms with Gasteiger partial charge in [0.2, 0.25) is 0 Å². The van der Waals surface area contributed by atoms with Crippen LogP contribution >= 0.6 is 0 Å². The molecule has 0 radical (unpaired) electrons. The SMILES string of the molecule is Bc1cc(C[C@@H](O)C(=O)N2CCC(C3CCN(S(=O)(=O)NC)CC3)CC2)cc(C)c1O. The second-order valence-corrected chi connectivity index (χ2v) is 10.8. The van der Waals surface area contributed by atoms with Gasteiger partial charge >= 0.3 is 0 Å². The second kappa shape index (κ2) is 9.89. The number of likely N-dealkylation sites (tertiary alicyclic amines) is 1. The van der Waals surface area contributed by atoms with Crippen LogP contribution in [0.5, 0.6) is 5.75 Å². The van der Waals surface area contributed by atoms with Gasteiger partial charge in [0.05, 0.1) is 0 Å². The normalized spacial score (nSPS) is 20.7. The molecule has 2 aliphatic heterocycles. The van der Waals surface area contributed by atoms with Gasteiger partial charge in [-0.25, -0.2) is 4.72 Å². The number of aliphatic hydroxyl groups excluding tert-OH is 1. The van der Waals surface area contributed by atoms with Crippen molar-refractivity contribution in [2.24, 2.45) is 11.8 Å². The van der Waals surface area contributed by atoms with E-state index in [9.17, 15) is 23.4 Å². The summed E-state index contributed by atoms with van der Waals surface area (Å²) in [6, 6.07) is 3.62. The van der Waals surface area contributed by atoms with Crippen molar-refractivity contribution in [3.8, 4) is 5.75 Å². The Hall–Kier alpha value is -1.62. The van der Waals surface area contributed by atoms with Crippen molar-refractivity contribution in [3.63, 3.8) is 0 Å². The van der Waals surface area contributed by atoms with Crippen LogP contribution < -0.4 is 10.2 Å². The number of rotatable bonds is 6. The van der Waals surface area contributed by atoms with E-state index < -0.39 is 16.3 Å². The van der Waals surface area contributed by atoms with E-state index in [1.807, 2.05) is 26.9 Å². The smallest absolute Gasteiger partial charge is 0.279 e. The summed E-state index contributed by atoms with van der Waals surface area (Å²) in [5.41, 5.74) is 2.32. The number of phenols is 1. The number of hydrogen-bond acceptors (Lipinski definition) is 5. The molecule has 0 unspecified atom stereocenters. The average Bonchev–Trinajstić information content (AvgIpc) is 2.77. The molecule has 0 aliphatic carbocycles. The van der Waals surface area contributed by atoms with Crippen molar-refractivity contribution in [2.75, 3.05) is 33.2 Å². The van der Waals surface area contributed by atoms with Gasteiger partial charge in [0.1, 0.15) is 19.7 Å². The molecule has 1 amide bonds. The minimum atomic E-state index is -3.35. The van der Waals surface area contributed by atoms with E-state index >= 15 is 0 Å². The third-order valence-corrected chi connectivity index (χ3v) is 8.44. The van der Waals surface area contributed by atoms with Crippen molar-refractivity contribution in [1.29, 1.82) is 0 Å². The predicted octanol–water partition coefficient (Wildman–Crippen LogP) is -0.723. The standard InChI is InChI=1S/C21H34BN3O5S/c1-14-11-15(12-18(22)20(14)27)13-19(26)21(28)24-7-3-16(4-8-24)17-5-9-25(10-6-17)31(29,30)23-2/h11-12,16-17,19,23,26-27H,3-10,13,22H2,1-2H3/t19-/m1/s1. The summed E-state index contributed by atoms with van der Waals surface area (Å²) in [5, 5.41) is 20.4. The van der Waals surface area contributed by atoms with E-state index in [-0.39, 0.29) is 18.1 Å². The molecule has 0 aromatic heterocycles. The molecule has 0 spiro atoms. The first kappa shape index (κ1) is 24.0. The number of aryl methyl sites for hydroxylation is 1. The molecule has 1 aromatic rings. The van der Waals surface area contributed by atoms with Crippen LogP contribution in [0.2, 0.25) is 0 Å². The predicted molar refractivity (Wildman–Crippen MR) is 122 cm³/mol.